The number of halogens is 3. The van der Waals surface area contributed by atoms with E-state index in [4.69, 9.17) is 44.3 Å². The Kier molecular flexibility index (Phi) is 9.08. The number of hydrogen-bond acceptors (Lipinski definition) is 6. The SMILES string of the molecule is CCOc1cc(C=NNC(=O)C(=O)Nc2cccc(Cl)c2Cl)ccc1OC(=O)c1ccc(Cl)cc1. The van der Waals surface area contributed by atoms with Crippen LogP contribution in [-0.4, -0.2) is 30.6 Å². The molecule has 0 aliphatic heterocycles. The Labute approximate surface area is 215 Å². The van der Waals surface area contributed by atoms with Gasteiger partial charge in [0.2, 0.25) is 0 Å². The highest BCUT2D eigenvalue weighted by molar-refractivity contribution is 6.45. The number of hydrogen-bond donors (Lipinski definition) is 2. The van der Waals surface area contributed by atoms with Crippen LogP contribution in [0.3, 0.4) is 0 Å². The number of anilines is 1. The van der Waals surface area contributed by atoms with E-state index in [0.29, 0.717) is 28.5 Å². The molecule has 3 rings (SSSR count). The van der Waals surface area contributed by atoms with Crippen LogP contribution in [0.15, 0.2) is 65.8 Å². The first kappa shape index (κ1) is 26.0. The molecule has 35 heavy (non-hydrogen) atoms. The molecular formula is C24H18Cl3N3O5. The number of benzene rings is 3. The molecule has 0 heterocycles. The number of hydrazone groups is 1. The van der Waals surface area contributed by atoms with Gasteiger partial charge in [0.25, 0.3) is 0 Å². The van der Waals surface area contributed by atoms with Gasteiger partial charge < -0.3 is 14.8 Å². The maximum atomic E-state index is 12.4. The molecular weight excluding hydrogens is 517 g/mol. The summed E-state index contributed by atoms with van der Waals surface area (Å²) in [6, 6.07) is 15.6. The zero-order chi connectivity index (χ0) is 25.4. The van der Waals surface area contributed by atoms with Crippen molar-refractivity contribution < 1.29 is 23.9 Å². The van der Waals surface area contributed by atoms with E-state index in [1.54, 1.807) is 55.5 Å². The van der Waals surface area contributed by atoms with Crippen LogP contribution in [0.5, 0.6) is 11.5 Å². The molecule has 0 aromatic heterocycles. The molecule has 0 radical (unpaired) electrons. The first-order valence-electron chi connectivity index (χ1n) is 10.1. The molecule has 0 fully saturated rings. The van der Waals surface area contributed by atoms with Gasteiger partial charge in [-0.25, -0.2) is 10.2 Å². The largest absolute Gasteiger partial charge is 0.490 e. The van der Waals surface area contributed by atoms with Crippen LogP contribution < -0.4 is 20.2 Å². The highest BCUT2D eigenvalue weighted by Crippen LogP contribution is 2.30. The molecule has 0 aliphatic carbocycles. The van der Waals surface area contributed by atoms with Gasteiger partial charge >= 0.3 is 17.8 Å². The van der Waals surface area contributed by atoms with Crippen molar-refractivity contribution in [1.29, 1.82) is 0 Å². The van der Waals surface area contributed by atoms with Crippen molar-refractivity contribution in [2.24, 2.45) is 5.10 Å². The number of rotatable bonds is 7. The second-order valence-electron chi connectivity index (χ2n) is 6.79. The molecule has 8 nitrogen and oxygen atoms in total. The molecule has 0 unspecified atom stereocenters. The van der Waals surface area contributed by atoms with Crippen LogP contribution >= 0.6 is 34.8 Å². The van der Waals surface area contributed by atoms with Crippen LogP contribution in [0.4, 0.5) is 5.69 Å². The zero-order valence-electron chi connectivity index (χ0n) is 18.2. The van der Waals surface area contributed by atoms with Crippen molar-refractivity contribution in [3.05, 3.63) is 86.9 Å². The minimum atomic E-state index is -1.02. The molecule has 3 aromatic carbocycles. The molecule has 0 aliphatic rings. The molecule has 3 aromatic rings. The summed E-state index contributed by atoms with van der Waals surface area (Å²) in [5.41, 5.74) is 3.14. The van der Waals surface area contributed by atoms with Gasteiger partial charge in [-0.15, -0.1) is 0 Å². The monoisotopic (exact) mass is 533 g/mol. The summed E-state index contributed by atoms with van der Waals surface area (Å²) in [6.45, 7) is 2.09. The van der Waals surface area contributed by atoms with E-state index in [9.17, 15) is 14.4 Å². The Balaban J connectivity index is 1.64. The standard InChI is InChI=1S/C24H18Cl3N3O5/c1-2-34-20-12-14(6-11-19(20)35-24(33)15-7-9-16(25)10-8-15)13-28-30-23(32)22(31)29-18-5-3-4-17(26)21(18)27/h3-13H,2H2,1H3,(H,29,31)(H,30,32). The van der Waals surface area contributed by atoms with Crippen molar-refractivity contribution >= 4 is 64.5 Å². The van der Waals surface area contributed by atoms with Gasteiger partial charge in [-0.1, -0.05) is 40.9 Å². The summed E-state index contributed by atoms with van der Waals surface area (Å²) >= 11 is 17.7. The average molecular weight is 535 g/mol. The van der Waals surface area contributed by atoms with Crippen LogP contribution in [0.25, 0.3) is 0 Å². The summed E-state index contributed by atoms with van der Waals surface area (Å²) in [4.78, 5) is 36.5. The van der Waals surface area contributed by atoms with Crippen molar-refractivity contribution in [2.45, 2.75) is 6.92 Å². The number of carbonyl (C=O) groups is 3. The Morgan fingerprint density at radius 2 is 1.69 bits per heavy atom. The Hall–Kier alpha value is -3.59. The van der Waals surface area contributed by atoms with Gasteiger partial charge in [0.15, 0.2) is 11.5 Å². The molecule has 2 N–H and O–H groups in total. The Bertz CT molecular complexity index is 1280. The van der Waals surface area contributed by atoms with Crippen molar-refractivity contribution in [3.8, 4) is 11.5 Å². The third kappa shape index (κ3) is 7.19. The topological polar surface area (TPSA) is 106 Å². The molecule has 0 saturated heterocycles. The summed E-state index contributed by atoms with van der Waals surface area (Å²) in [7, 11) is 0. The van der Waals surface area contributed by atoms with Crippen molar-refractivity contribution in [3.63, 3.8) is 0 Å². The number of carbonyl (C=O) groups excluding carboxylic acids is 3. The van der Waals surface area contributed by atoms with Gasteiger partial charge in [0.05, 0.1) is 34.1 Å². The van der Waals surface area contributed by atoms with E-state index in [2.05, 4.69) is 15.8 Å². The minimum absolute atomic E-state index is 0.110. The quantitative estimate of drug-likeness (QED) is 0.140. The third-order valence-corrected chi connectivity index (χ3v) is 5.41. The fourth-order valence-corrected chi connectivity index (χ4v) is 3.17. The van der Waals surface area contributed by atoms with E-state index in [1.165, 1.54) is 18.3 Å². The predicted octanol–water partition coefficient (Wildman–Crippen LogP) is 5.35. The fourth-order valence-electron chi connectivity index (χ4n) is 2.70. The number of esters is 1. The molecule has 180 valence electrons. The molecule has 2 amide bonds. The van der Waals surface area contributed by atoms with Gasteiger partial charge in [-0.05, 0) is 67.1 Å². The highest BCUT2D eigenvalue weighted by Gasteiger charge is 2.16. The van der Waals surface area contributed by atoms with Crippen molar-refractivity contribution in [2.75, 3.05) is 11.9 Å². The molecule has 0 spiro atoms. The highest BCUT2D eigenvalue weighted by atomic mass is 35.5. The molecule has 0 saturated carbocycles. The third-order valence-electron chi connectivity index (χ3n) is 4.34. The summed E-state index contributed by atoms with van der Waals surface area (Å²) in [6.07, 6.45) is 1.30. The molecule has 0 atom stereocenters. The summed E-state index contributed by atoms with van der Waals surface area (Å²) in [5, 5.41) is 6.96. The Morgan fingerprint density at radius 1 is 0.943 bits per heavy atom. The van der Waals surface area contributed by atoms with Crippen LogP contribution in [0.2, 0.25) is 15.1 Å². The summed E-state index contributed by atoms with van der Waals surface area (Å²) in [5.74, 6) is -2.09. The van der Waals surface area contributed by atoms with Crippen LogP contribution in [0.1, 0.15) is 22.8 Å². The summed E-state index contributed by atoms with van der Waals surface area (Å²) < 4.78 is 11.0. The maximum Gasteiger partial charge on any atom is 0.343 e. The lowest BCUT2D eigenvalue weighted by Gasteiger charge is -2.11. The van der Waals surface area contributed by atoms with E-state index < -0.39 is 17.8 Å². The molecule has 11 heteroatoms. The van der Waals surface area contributed by atoms with E-state index >= 15 is 0 Å². The molecule has 0 bridgehead atoms. The second kappa shape index (κ2) is 12.2. The smallest absolute Gasteiger partial charge is 0.343 e. The van der Waals surface area contributed by atoms with Crippen molar-refractivity contribution in [1.82, 2.24) is 5.43 Å². The second-order valence-corrected chi connectivity index (χ2v) is 8.01. The van der Waals surface area contributed by atoms with E-state index in [-0.39, 0.29) is 21.5 Å². The van der Waals surface area contributed by atoms with E-state index in [0.717, 1.165) is 0 Å². The first-order chi connectivity index (χ1) is 16.8. The maximum absolute atomic E-state index is 12.4. The lowest BCUT2D eigenvalue weighted by molar-refractivity contribution is -0.136. The number of ether oxygens (including phenoxy) is 2. The minimum Gasteiger partial charge on any atom is -0.490 e. The lowest BCUT2D eigenvalue weighted by Crippen LogP contribution is -2.32. The average Bonchev–Trinajstić information content (AvgIpc) is 2.84. The van der Waals surface area contributed by atoms with Gasteiger partial charge in [-0.3, -0.25) is 9.59 Å². The number of nitrogens with zero attached hydrogens (tertiary/aromatic N) is 1. The first-order valence-corrected chi connectivity index (χ1v) is 11.2. The lowest BCUT2D eigenvalue weighted by atomic mass is 10.2. The predicted molar refractivity (Wildman–Crippen MR) is 135 cm³/mol. The fraction of sp³-hybridized carbons (Fsp3) is 0.0833. The van der Waals surface area contributed by atoms with Gasteiger partial charge in [0, 0.05) is 5.02 Å². The van der Waals surface area contributed by atoms with E-state index in [1.807, 2.05) is 0 Å². The van der Waals surface area contributed by atoms with Crippen LogP contribution in [-0.2, 0) is 9.59 Å². The van der Waals surface area contributed by atoms with Gasteiger partial charge in [-0.2, -0.15) is 5.10 Å². The zero-order valence-corrected chi connectivity index (χ0v) is 20.4. The number of nitrogens with one attached hydrogen (secondary N) is 2. The van der Waals surface area contributed by atoms with Crippen LogP contribution in [0, 0.1) is 0 Å². The van der Waals surface area contributed by atoms with Gasteiger partial charge in [0.1, 0.15) is 0 Å². The number of amides is 2. The normalized spacial score (nSPS) is 10.6. The Morgan fingerprint density at radius 3 is 2.40 bits per heavy atom.